The quantitative estimate of drug-likeness (QED) is 0.589. The molecule has 62 valence electrons. The largest absolute Gasteiger partial charge is 0.399 e. The minimum Gasteiger partial charge on any atom is -0.399 e. The van der Waals surface area contributed by atoms with Crippen LogP contribution in [0.4, 0.5) is 10.1 Å². The summed E-state index contributed by atoms with van der Waals surface area (Å²) in [5.74, 6) is -0.412. The van der Waals surface area contributed by atoms with E-state index in [4.69, 9.17) is 5.73 Å². The SMILES string of the molecule is Nc1ccc2c(c1)CC(F)C2=O. The van der Waals surface area contributed by atoms with Gasteiger partial charge in [-0.3, -0.25) is 4.79 Å². The molecule has 3 heteroatoms. The first-order chi connectivity index (χ1) is 5.68. The Morgan fingerprint density at radius 2 is 2.25 bits per heavy atom. The van der Waals surface area contributed by atoms with Gasteiger partial charge in [0.15, 0.2) is 12.0 Å². The van der Waals surface area contributed by atoms with E-state index in [1.54, 1.807) is 18.2 Å². The highest BCUT2D eigenvalue weighted by Gasteiger charge is 2.29. The fraction of sp³-hybridized carbons (Fsp3) is 0.222. The third kappa shape index (κ3) is 0.897. The van der Waals surface area contributed by atoms with Gasteiger partial charge in [-0.25, -0.2) is 4.39 Å². The fourth-order valence-corrected chi connectivity index (χ4v) is 1.48. The van der Waals surface area contributed by atoms with Gasteiger partial charge in [0.2, 0.25) is 0 Å². The van der Waals surface area contributed by atoms with Crippen LogP contribution in [0.2, 0.25) is 0 Å². The Balaban J connectivity index is 2.54. The Morgan fingerprint density at radius 3 is 3.00 bits per heavy atom. The van der Waals surface area contributed by atoms with E-state index < -0.39 is 12.0 Å². The first kappa shape index (κ1) is 7.28. The monoisotopic (exact) mass is 165 g/mol. The molecule has 0 saturated heterocycles. The summed E-state index contributed by atoms with van der Waals surface area (Å²) in [6, 6.07) is 4.87. The van der Waals surface area contributed by atoms with E-state index in [1.165, 1.54) is 0 Å². The molecule has 0 spiro atoms. The smallest absolute Gasteiger partial charge is 0.197 e. The second kappa shape index (κ2) is 2.30. The van der Waals surface area contributed by atoms with Crippen molar-refractivity contribution in [3.8, 4) is 0 Å². The molecule has 2 N–H and O–H groups in total. The number of hydrogen-bond acceptors (Lipinski definition) is 2. The minimum absolute atomic E-state index is 0.180. The highest BCUT2D eigenvalue weighted by Crippen LogP contribution is 2.25. The van der Waals surface area contributed by atoms with Crippen molar-refractivity contribution < 1.29 is 9.18 Å². The normalized spacial score (nSPS) is 21.1. The zero-order valence-corrected chi connectivity index (χ0v) is 6.38. The van der Waals surface area contributed by atoms with Gasteiger partial charge in [-0.1, -0.05) is 0 Å². The average molecular weight is 165 g/mol. The van der Waals surface area contributed by atoms with Crippen molar-refractivity contribution in [3.63, 3.8) is 0 Å². The number of benzene rings is 1. The van der Waals surface area contributed by atoms with Crippen LogP contribution in [0.5, 0.6) is 0 Å². The van der Waals surface area contributed by atoms with Crippen molar-refractivity contribution in [2.24, 2.45) is 0 Å². The van der Waals surface area contributed by atoms with Crippen LogP contribution in [0, 0.1) is 0 Å². The van der Waals surface area contributed by atoms with E-state index in [1.807, 2.05) is 0 Å². The minimum atomic E-state index is -1.36. The standard InChI is InChI=1S/C9H8FNO/c10-8-4-5-3-6(11)1-2-7(5)9(8)12/h1-3,8H,4,11H2. The lowest BCUT2D eigenvalue weighted by Crippen LogP contribution is -2.07. The molecule has 0 radical (unpaired) electrons. The Hall–Kier alpha value is -1.38. The van der Waals surface area contributed by atoms with Gasteiger partial charge < -0.3 is 5.73 Å². The molecule has 1 aromatic carbocycles. The number of nitrogens with two attached hydrogens (primary N) is 1. The van der Waals surface area contributed by atoms with E-state index in [-0.39, 0.29) is 6.42 Å². The number of halogens is 1. The Kier molecular flexibility index (Phi) is 1.40. The van der Waals surface area contributed by atoms with E-state index >= 15 is 0 Å². The van der Waals surface area contributed by atoms with Crippen molar-refractivity contribution in [2.75, 3.05) is 5.73 Å². The summed E-state index contributed by atoms with van der Waals surface area (Å²) in [7, 11) is 0. The molecule has 1 unspecified atom stereocenters. The van der Waals surface area contributed by atoms with Gasteiger partial charge in [0.05, 0.1) is 0 Å². The van der Waals surface area contributed by atoms with Crippen LogP contribution >= 0.6 is 0 Å². The summed E-state index contributed by atoms with van der Waals surface area (Å²) in [6.07, 6.45) is -1.18. The van der Waals surface area contributed by atoms with Crippen molar-refractivity contribution in [1.82, 2.24) is 0 Å². The molecule has 2 rings (SSSR count). The second-order valence-corrected chi connectivity index (χ2v) is 2.95. The molecule has 1 aliphatic rings. The highest BCUT2D eigenvalue weighted by atomic mass is 19.1. The van der Waals surface area contributed by atoms with Crippen LogP contribution in [-0.4, -0.2) is 12.0 Å². The number of carbonyl (C=O) groups is 1. The maximum absolute atomic E-state index is 12.9. The lowest BCUT2D eigenvalue weighted by molar-refractivity contribution is 0.0899. The number of anilines is 1. The predicted octanol–water partition coefficient (Wildman–Crippen LogP) is 1.35. The van der Waals surface area contributed by atoms with Crippen LogP contribution in [0.15, 0.2) is 18.2 Å². The van der Waals surface area contributed by atoms with Gasteiger partial charge in [-0.05, 0) is 23.8 Å². The molecule has 0 saturated carbocycles. The van der Waals surface area contributed by atoms with Gasteiger partial charge in [0, 0.05) is 17.7 Å². The molecule has 2 nitrogen and oxygen atoms in total. The molecule has 0 amide bonds. The summed E-state index contributed by atoms with van der Waals surface area (Å²) in [6.45, 7) is 0. The predicted molar refractivity (Wildman–Crippen MR) is 43.8 cm³/mol. The van der Waals surface area contributed by atoms with Crippen LogP contribution in [0.3, 0.4) is 0 Å². The lowest BCUT2D eigenvalue weighted by Gasteiger charge is -1.96. The summed E-state index contributed by atoms with van der Waals surface area (Å²) in [5.41, 5.74) is 7.28. The molecule has 12 heavy (non-hydrogen) atoms. The highest BCUT2D eigenvalue weighted by molar-refractivity contribution is 6.04. The van der Waals surface area contributed by atoms with Gasteiger partial charge in [0.25, 0.3) is 0 Å². The van der Waals surface area contributed by atoms with Crippen LogP contribution < -0.4 is 5.73 Å². The maximum atomic E-state index is 12.9. The molecular weight excluding hydrogens is 157 g/mol. The summed E-state index contributed by atoms with van der Waals surface area (Å²) >= 11 is 0. The van der Waals surface area contributed by atoms with Gasteiger partial charge in [-0.2, -0.15) is 0 Å². The van der Waals surface area contributed by atoms with Gasteiger partial charge in [-0.15, -0.1) is 0 Å². The molecule has 0 aromatic heterocycles. The molecule has 0 bridgehead atoms. The number of Topliss-reactive ketones (excluding diaryl/α,β-unsaturated/α-hetero) is 1. The first-order valence-electron chi connectivity index (χ1n) is 3.75. The van der Waals surface area contributed by atoms with Crippen LogP contribution in [0.1, 0.15) is 15.9 Å². The van der Waals surface area contributed by atoms with Gasteiger partial charge in [0.1, 0.15) is 0 Å². The van der Waals surface area contributed by atoms with E-state index in [0.29, 0.717) is 11.3 Å². The Bertz CT molecular complexity index is 348. The van der Waals surface area contributed by atoms with Crippen LogP contribution in [-0.2, 0) is 6.42 Å². The number of ketones is 1. The van der Waals surface area contributed by atoms with Crippen molar-refractivity contribution in [2.45, 2.75) is 12.6 Å². The van der Waals surface area contributed by atoms with Crippen LogP contribution in [0.25, 0.3) is 0 Å². The number of nitrogen functional groups attached to an aromatic ring is 1. The average Bonchev–Trinajstić information content (AvgIpc) is 2.28. The fourth-order valence-electron chi connectivity index (χ4n) is 1.48. The van der Waals surface area contributed by atoms with Crippen molar-refractivity contribution in [3.05, 3.63) is 29.3 Å². The number of fused-ring (bicyclic) bond motifs is 1. The van der Waals surface area contributed by atoms with Crippen molar-refractivity contribution in [1.29, 1.82) is 0 Å². The zero-order valence-electron chi connectivity index (χ0n) is 6.38. The lowest BCUT2D eigenvalue weighted by atomic mass is 10.1. The number of hydrogen-bond donors (Lipinski definition) is 1. The molecular formula is C9H8FNO. The van der Waals surface area contributed by atoms with Crippen molar-refractivity contribution >= 4 is 11.5 Å². The summed E-state index contributed by atoms with van der Waals surface area (Å²) < 4.78 is 12.9. The van der Waals surface area contributed by atoms with E-state index in [2.05, 4.69) is 0 Å². The Labute approximate surface area is 69.2 Å². The van der Waals surface area contributed by atoms with E-state index in [9.17, 15) is 9.18 Å². The zero-order chi connectivity index (χ0) is 8.72. The molecule has 1 aliphatic carbocycles. The molecule has 1 aromatic rings. The third-order valence-electron chi connectivity index (χ3n) is 2.08. The molecule has 0 aliphatic heterocycles. The number of rotatable bonds is 0. The molecule has 0 heterocycles. The third-order valence-corrected chi connectivity index (χ3v) is 2.08. The topological polar surface area (TPSA) is 43.1 Å². The number of carbonyl (C=O) groups excluding carboxylic acids is 1. The van der Waals surface area contributed by atoms with Gasteiger partial charge >= 0.3 is 0 Å². The summed E-state index contributed by atoms with van der Waals surface area (Å²) in [4.78, 5) is 11.1. The Morgan fingerprint density at radius 1 is 1.50 bits per heavy atom. The number of alkyl halides is 1. The van der Waals surface area contributed by atoms with E-state index in [0.717, 1.165) is 5.56 Å². The maximum Gasteiger partial charge on any atom is 0.197 e. The summed E-state index contributed by atoms with van der Waals surface area (Å²) in [5, 5.41) is 0. The molecule has 1 atom stereocenters. The first-order valence-corrected chi connectivity index (χ1v) is 3.75. The molecule has 0 fully saturated rings. The second-order valence-electron chi connectivity index (χ2n) is 2.95.